The molecule has 0 radical (unpaired) electrons. The summed E-state index contributed by atoms with van der Waals surface area (Å²) in [5, 5.41) is 7.69. The van der Waals surface area contributed by atoms with E-state index in [4.69, 9.17) is 0 Å². The first-order valence-corrected chi connectivity index (χ1v) is 9.06. The summed E-state index contributed by atoms with van der Waals surface area (Å²) < 4.78 is 1.95. The Bertz CT molecular complexity index is 677. The van der Waals surface area contributed by atoms with Crippen LogP contribution in [0.15, 0.2) is 36.5 Å². The van der Waals surface area contributed by atoms with Crippen LogP contribution in [-0.2, 0) is 13.0 Å². The molecule has 4 nitrogen and oxygen atoms in total. The zero-order valence-corrected chi connectivity index (χ0v) is 14.7. The quantitative estimate of drug-likeness (QED) is 0.909. The van der Waals surface area contributed by atoms with E-state index in [0.717, 1.165) is 30.5 Å². The number of aromatic nitrogens is 2. The van der Waals surface area contributed by atoms with Crippen LogP contribution in [0.2, 0.25) is 0 Å². The standard InChI is InChI=1S/C20H27N3O/c1-3-19-18(20(24)22-17-11-7-8-15(2)12-17)13-21-23(19)14-16-9-5-4-6-10-16/h4-6,9-10,13,15,17H,3,7-8,11-12,14H2,1-2H3,(H,22,24). The number of nitrogens with one attached hydrogen (secondary N) is 1. The molecule has 0 saturated heterocycles. The monoisotopic (exact) mass is 325 g/mol. The Labute approximate surface area is 144 Å². The highest BCUT2D eigenvalue weighted by Crippen LogP contribution is 2.24. The fourth-order valence-corrected chi connectivity index (χ4v) is 3.69. The van der Waals surface area contributed by atoms with E-state index in [1.165, 1.54) is 18.4 Å². The maximum absolute atomic E-state index is 12.7. The molecule has 0 bridgehead atoms. The number of hydrogen-bond acceptors (Lipinski definition) is 2. The normalized spacial score (nSPS) is 20.8. The summed E-state index contributed by atoms with van der Waals surface area (Å²) in [6, 6.07) is 10.6. The van der Waals surface area contributed by atoms with Crippen LogP contribution in [0.4, 0.5) is 0 Å². The summed E-state index contributed by atoms with van der Waals surface area (Å²) in [6.45, 7) is 5.06. The van der Waals surface area contributed by atoms with E-state index in [0.29, 0.717) is 18.5 Å². The third-order valence-electron chi connectivity index (χ3n) is 4.97. The minimum Gasteiger partial charge on any atom is -0.349 e. The zero-order chi connectivity index (χ0) is 16.9. The van der Waals surface area contributed by atoms with Gasteiger partial charge in [0.25, 0.3) is 5.91 Å². The highest BCUT2D eigenvalue weighted by Gasteiger charge is 2.23. The first-order chi connectivity index (χ1) is 11.7. The van der Waals surface area contributed by atoms with Gasteiger partial charge in [-0.1, -0.05) is 57.0 Å². The van der Waals surface area contributed by atoms with Gasteiger partial charge in [0.1, 0.15) is 0 Å². The summed E-state index contributed by atoms with van der Waals surface area (Å²) in [5.74, 6) is 0.737. The van der Waals surface area contributed by atoms with Crippen molar-refractivity contribution < 1.29 is 4.79 Å². The van der Waals surface area contributed by atoms with E-state index in [1.807, 2.05) is 22.9 Å². The molecule has 3 rings (SSSR count). The SMILES string of the molecule is CCc1c(C(=O)NC2CCCC(C)C2)cnn1Cc1ccccc1. The summed E-state index contributed by atoms with van der Waals surface area (Å²) in [4.78, 5) is 12.7. The predicted molar refractivity (Wildman–Crippen MR) is 96.0 cm³/mol. The van der Waals surface area contributed by atoms with Gasteiger partial charge in [-0.05, 0) is 30.7 Å². The summed E-state index contributed by atoms with van der Waals surface area (Å²) in [7, 11) is 0. The van der Waals surface area contributed by atoms with Crippen LogP contribution in [0.5, 0.6) is 0 Å². The highest BCUT2D eigenvalue weighted by molar-refractivity contribution is 5.95. The third-order valence-corrected chi connectivity index (χ3v) is 4.97. The van der Waals surface area contributed by atoms with Crippen molar-refractivity contribution in [3.63, 3.8) is 0 Å². The van der Waals surface area contributed by atoms with Crippen LogP contribution in [0.3, 0.4) is 0 Å². The Morgan fingerprint density at radius 2 is 2.08 bits per heavy atom. The van der Waals surface area contributed by atoms with Crippen molar-refractivity contribution in [3.05, 3.63) is 53.3 Å². The largest absolute Gasteiger partial charge is 0.349 e. The lowest BCUT2D eigenvalue weighted by molar-refractivity contribution is 0.0920. The Balaban J connectivity index is 1.72. The molecule has 0 spiro atoms. The number of carbonyl (C=O) groups excluding carboxylic acids is 1. The van der Waals surface area contributed by atoms with E-state index in [-0.39, 0.29) is 5.91 Å². The van der Waals surface area contributed by atoms with Crippen LogP contribution < -0.4 is 5.32 Å². The summed E-state index contributed by atoms with van der Waals surface area (Å²) in [5.41, 5.74) is 2.94. The van der Waals surface area contributed by atoms with Crippen LogP contribution in [-0.4, -0.2) is 21.7 Å². The van der Waals surface area contributed by atoms with Gasteiger partial charge in [-0.2, -0.15) is 5.10 Å². The number of rotatable bonds is 5. The molecule has 1 amide bonds. The molecule has 1 fully saturated rings. The second-order valence-corrected chi connectivity index (χ2v) is 6.94. The van der Waals surface area contributed by atoms with Crippen molar-refractivity contribution in [1.82, 2.24) is 15.1 Å². The van der Waals surface area contributed by atoms with Crippen LogP contribution >= 0.6 is 0 Å². The highest BCUT2D eigenvalue weighted by atomic mass is 16.1. The number of amides is 1. The average Bonchev–Trinajstić information content (AvgIpc) is 2.98. The van der Waals surface area contributed by atoms with Gasteiger partial charge in [-0.15, -0.1) is 0 Å². The van der Waals surface area contributed by atoms with Crippen molar-refractivity contribution in [1.29, 1.82) is 0 Å². The molecule has 1 saturated carbocycles. The summed E-state index contributed by atoms with van der Waals surface area (Å²) in [6.07, 6.45) is 7.20. The molecule has 2 aromatic rings. The maximum Gasteiger partial charge on any atom is 0.254 e. The van der Waals surface area contributed by atoms with Crippen LogP contribution in [0, 0.1) is 5.92 Å². The molecular weight excluding hydrogens is 298 g/mol. The molecule has 1 aliphatic carbocycles. The number of hydrogen-bond donors (Lipinski definition) is 1. The minimum absolute atomic E-state index is 0.0326. The smallest absolute Gasteiger partial charge is 0.254 e. The molecule has 1 aromatic heterocycles. The van der Waals surface area contributed by atoms with Gasteiger partial charge < -0.3 is 5.32 Å². The second kappa shape index (κ2) is 7.65. The van der Waals surface area contributed by atoms with Gasteiger partial charge in [0.2, 0.25) is 0 Å². The van der Waals surface area contributed by atoms with Crippen LogP contribution in [0.25, 0.3) is 0 Å². The molecule has 2 unspecified atom stereocenters. The number of benzene rings is 1. The van der Waals surface area contributed by atoms with Gasteiger partial charge >= 0.3 is 0 Å². The molecule has 128 valence electrons. The van der Waals surface area contributed by atoms with E-state index in [9.17, 15) is 4.79 Å². The third kappa shape index (κ3) is 3.86. The molecule has 0 aliphatic heterocycles. The van der Waals surface area contributed by atoms with Crippen molar-refractivity contribution in [2.45, 2.75) is 58.5 Å². The Morgan fingerprint density at radius 3 is 2.79 bits per heavy atom. The molecule has 24 heavy (non-hydrogen) atoms. The van der Waals surface area contributed by atoms with Crippen molar-refractivity contribution >= 4 is 5.91 Å². The first kappa shape index (κ1) is 16.7. The zero-order valence-electron chi connectivity index (χ0n) is 14.7. The van der Waals surface area contributed by atoms with Crippen molar-refractivity contribution in [2.75, 3.05) is 0 Å². The van der Waals surface area contributed by atoms with Crippen molar-refractivity contribution in [3.8, 4) is 0 Å². The maximum atomic E-state index is 12.7. The second-order valence-electron chi connectivity index (χ2n) is 6.94. The van der Waals surface area contributed by atoms with Gasteiger partial charge in [0.05, 0.1) is 24.0 Å². The lowest BCUT2D eigenvalue weighted by atomic mass is 9.87. The average molecular weight is 325 g/mol. The topological polar surface area (TPSA) is 46.9 Å². The Morgan fingerprint density at radius 1 is 1.29 bits per heavy atom. The number of carbonyl (C=O) groups is 1. The molecule has 1 aromatic carbocycles. The van der Waals surface area contributed by atoms with Crippen molar-refractivity contribution in [2.24, 2.45) is 5.92 Å². The Hall–Kier alpha value is -2.10. The molecule has 1 heterocycles. The molecule has 4 heteroatoms. The lowest BCUT2D eigenvalue weighted by Gasteiger charge is -2.27. The first-order valence-electron chi connectivity index (χ1n) is 9.06. The molecule has 1 N–H and O–H groups in total. The Kier molecular flexibility index (Phi) is 5.34. The van der Waals surface area contributed by atoms with Gasteiger partial charge in [-0.3, -0.25) is 9.48 Å². The number of nitrogens with zero attached hydrogens (tertiary/aromatic N) is 2. The summed E-state index contributed by atoms with van der Waals surface area (Å²) >= 11 is 0. The minimum atomic E-state index is 0.0326. The van der Waals surface area contributed by atoms with Gasteiger partial charge in [-0.25, -0.2) is 0 Å². The van der Waals surface area contributed by atoms with E-state index in [1.54, 1.807) is 6.20 Å². The van der Waals surface area contributed by atoms with Gasteiger partial charge in [0.15, 0.2) is 0 Å². The van der Waals surface area contributed by atoms with E-state index >= 15 is 0 Å². The van der Waals surface area contributed by atoms with E-state index in [2.05, 4.69) is 36.4 Å². The predicted octanol–water partition coefficient (Wildman–Crippen LogP) is 3.80. The molecule has 2 atom stereocenters. The molecular formula is C20H27N3O. The molecule has 1 aliphatic rings. The lowest BCUT2D eigenvalue weighted by Crippen LogP contribution is -2.38. The van der Waals surface area contributed by atoms with Gasteiger partial charge in [0, 0.05) is 6.04 Å². The fourth-order valence-electron chi connectivity index (χ4n) is 3.69. The fraction of sp³-hybridized carbons (Fsp3) is 0.500. The van der Waals surface area contributed by atoms with E-state index < -0.39 is 0 Å². The van der Waals surface area contributed by atoms with Crippen LogP contribution in [0.1, 0.15) is 61.1 Å².